The first kappa shape index (κ1) is 25.1. The van der Waals surface area contributed by atoms with Crippen LogP contribution in [0.4, 0.5) is 11.4 Å². The Balaban J connectivity index is 1.38. The first-order valence-corrected chi connectivity index (χ1v) is 13.8. The molecule has 0 unspecified atom stereocenters. The Kier molecular flexibility index (Phi) is 6.61. The standard InChI is InChI=1S/C28H29N3O5S/c1-16-6-8-17(9-7-16)15-30-18-10-12-19(13-11-18)31-22-14-23(37(34,35)36)26(29)25-24(22)27(32)20-4-2-3-5-21(20)28(25)33/h2-9,14,18-19,30-31H,10-13,15,29H2,1H3,(H,34,35,36). The molecular formula is C28H29N3O5S. The molecule has 0 aromatic heterocycles. The first-order valence-electron chi connectivity index (χ1n) is 12.3. The second-order valence-corrected chi connectivity index (χ2v) is 11.2. The average molecular weight is 520 g/mol. The monoisotopic (exact) mass is 519 g/mol. The molecule has 0 atom stereocenters. The van der Waals surface area contributed by atoms with Gasteiger partial charge in [0, 0.05) is 35.4 Å². The fourth-order valence-electron chi connectivity index (χ4n) is 5.25. The summed E-state index contributed by atoms with van der Waals surface area (Å²) in [6, 6.07) is 16.3. The van der Waals surface area contributed by atoms with Crippen molar-refractivity contribution in [2.45, 2.75) is 56.1 Å². The Labute approximate surface area is 216 Å². The van der Waals surface area contributed by atoms with Crippen LogP contribution in [0, 0.1) is 6.92 Å². The van der Waals surface area contributed by atoms with Crippen molar-refractivity contribution in [1.29, 1.82) is 0 Å². The molecule has 1 saturated carbocycles. The smallest absolute Gasteiger partial charge is 0.296 e. The molecule has 192 valence electrons. The van der Waals surface area contributed by atoms with Crippen molar-refractivity contribution in [3.63, 3.8) is 0 Å². The van der Waals surface area contributed by atoms with Crippen LogP contribution in [0.15, 0.2) is 59.5 Å². The minimum absolute atomic E-state index is 0.0422. The number of ketones is 2. The molecule has 0 saturated heterocycles. The molecule has 3 aromatic rings. The summed E-state index contributed by atoms with van der Waals surface area (Å²) in [6.07, 6.45) is 3.35. The molecule has 0 radical (unpaired) electrons. The number of aryl methyl sites for hydroxylation is 1. The zero-order chi connectivity index (χ0) is 26.3. The predicted molar refractivity (Wildman–Crippen MR) is 142 cm³/mol. The number of hydrogen-bond donors (Lipinski definition) is 4. The maximum Gasteiger partial charge on any atom is 0.296 e. The highest BCUT2D eigenvalue weighted by Gasteiger charge is 2.37. The fraction of sp³-hybridized carbons (Fsp3) is 0.286. The van der Waals surface area contributed by atoms with Gasteiger partial charge in [-0.15, -0.1) is 0 Å². The van der Waals surface area contributed by atoms with E-state index in [2.05, 4.69) is 41.8 Å². The second-order valence-electron chi connectivity index (χ2n) is 9.82. The van der Waals surface area contributed by atoms with Gasteiger partial charge in [0.05, 0.1) is 16.8 Å². The third-order valence-electron chi connectivity index (χ3n) is 7.28. The van der Waals surface area contributed by atoms with Crippen molar-refractivity contribution >= 4 is 33.1 Å². The summed E-state index contributed by atoms with van der Waals surface area (Å²) in [7, 11) is -4.73. The van der Waals surface area contributed by atoms with Gasteiger partial charge in [-0.2, -0.15) is 8.42 Å². The molecule has 0 amide bonds. The molecule has 0 heterocycles. The van der Waals surface area contributed by atoms with E-state index in [9.17, 15) is 22.6 Å². The van der Waals surface area contributed by atoms with Gasteiger partial charge in [0.2, 0.25) is 0 Å². The number of nitrogen functional groups attached to an aromatic ring is 1. The van der Waals surface area contributed by atoms with Gasteiger partial charge in [-0.05, 0) is 44.2 Å². The Bertz CT molecular complexity index is 1490. The molecule has 8 nitrogen and oxygen atoms in total. The second kappa shape index (κ2) is 9.74. The van der Waals surface area contributed by atoms with Crippen LogP contribution < -0.4 is 16.4 Å². The summed E-state index contributed by atoms with van der Waals surface area (Å²) in [5.41, 5.74) is 8.55. The number of nitrogens with one attached hydrogen (secondary N) is 2. The van der Waals surface area contributed by atoms with Gasteiger partial charge in [-0.25, -0.2) is 0 Å². The van der Waals surface area contributed by atoms with Gasteiger partial charge in [-0.1, -0.05) is 54.1 Å². The van der Waals surface area contributed by atoms with Crippen LogP contribution in [-0.2, 0) is 16.7 Å². The number of fused-ring (bicyclic) bond motifs is 2. The van der Waals surface area contributed by atoms with Gasteiger partial charge in [0.15, 0.2) is 11.6 Å². The minimum Gasteiger partial charge on any atom is -0.397 e. The zero-order valence-electron chi connectivity index (χ0n) is 20.5. The van der Waals surface area contributed by atoms with Crippen LogP contribution in [0.5, 0.6) is 0 Å². The van der Waals surface area contributed by atoms with Crippen LogP contribution in [0.25, 0.3) is 0 Å². The van der Waals surface area contributed by atoms with E-state index in [0.29, 0.717) is 6.04 Å². The Morgan fingerprint density at radius 2 is 1.46 bits per heavy atom. The molecule has 0 bridgehead atoms. The first-order chi connectivity index (χ1) is 17.6. The number of hydrogen-bond acceptors (Lipinski definition) is 7. The summed E-state index contributed by atoms with van der Waals surface area (Å²) in [6.45, 7) is 2.84. The maximum atomic E-state index is 13.5. The Morgan fingerprint density at radius 3 is 2.05 bits per heavy atom. The average Bonchev–Trinajstić information content (AvgIpc) is 2.88. The maximum absolute atomic E-state index is 13.5. The van der Waals surface area contributed by atoms with E-state index >= 15 is 0 Å². The quantitative estimate of drug-likeness (QED) is 0.220. The van der Waals surface area contributed by atoms with Crippen molar-refractivity contribution in [2.24, 2.45) is 0 Å². The summed E-state index contributed by atoms with van der Waals surface area (Å²) in [5, 5.41) is 6.90. The normalized spacial score (nSPS) is 19.3. The van der Waals surface area contributed by atoms with E-state index in [1.54, 1.807) is 18.2 Å². The van der Waals surface area contributed by atoms with Gasteiger partial charge >= 0.3 is 0 Å². The van der Waals surface area contributed by atoms with Crippen LogP contribution in [0.2, 0.25) is 0 Å². The lowest BCUT2D eigenvalue weighted by Gasteiger charge is -2.32. The van der Waals surface area contributed by atoms with E-state index in [-0.39, 0.29) is 34.0 Å². The minimum atomic E-state index is -4.73. The molecule has 5 rings (SSSR count). The lowest BCUT2D eigenvalue weighted by Crippen LogP contribution is -2.37. The van der Waals surface area contributed by atoms with Gasteiger partial charge < -0.3 is 16.4 Å². The zero-order valence-corrected chi connectivity index (χ0v) is 21.3. The SMILES string of the molecule is Cc1ccc(CNC2CCC(Nc3cc(S(=O)(=O)O)c(N)c4c3C(=O)c3ccccc3C4=O)CC2)cc1. The van der Waals surface area contributed by atoms with Gasteiger partial charge in [0.1, 0.15) is 4.90 Å². The van der Waals surface area contributed by atoms with Crippen LogP contribution in [0.1, 0.15) is 68.7 Å². The summed E-state index contributed by atoms with van der Waals surface area (Å²) in [4.78, 5) is 26.2. The van der Waals surface area contributed by atoms with E-state index in [1.807, 2.05) is 0 Å². The van der Waals surface area contributed by atoms with Gasteiger partial charge in [0.25, 0.3) is 10.1 Å². The van der Waals surface area contributed by atoms with E-state index < -0.39 is 32.3 Å². The molecule has 5 N–H and O–H groups in total. The molecule has 3 aromatic carbocycles. The number of rotatable bonds is 6. The van der Waals surface area contributed by atoms with Crippen LogP contribution in [-0.4, -0.2) is 36.6 Å². The Hall–Kier alpha value is -3.53. The van der Waals surface area contributed by atoms with Crippen molar-refractivity contribution in [2.75, 3.05) is 11.1 Å². The molecule has 0 aliphatic heterocycles. The summed E-state index contributed by atoms with van der Waals surface area (Å²) >= 11 is 0. The Morgan fingerprint density at radius 1 is 0.892 bits per heavy atom. The predicted octanol–water partition coefficient (Wildman–Crippen LogP) is 4.11. The molecular weight excluding hydrogens is 490 g/mol. The van der Waals surface area contributed by atoms with E-state index in [4.69, 9.17) is 5.73 Å². The number of nitrogens with two attached hydrogens (primary N) is 1. The van der Waals surface area contributed by atoms with E-state index in [1.165, 1.54) is 23.3 Å². The number of carbonyl (C=O) groups is 2. The fourth-order valence-corrected chi connectivity index (χ4v) is 5.90. The van der Waals surface area contributed by atoms with Crippen molar-refractivity contribution in [1.82, 2.24) is 5.32 Å². The van der Waals surface area contributed by atoms with Crippen LogP contribution in [0.3, 0.4) is 0 Å². The van der Waals surface area contributed by atoms with E-state index in [0.717, 1.165) is 32.2 Å². The summed E-state index contributed by atoms with van der Waals surface area (Å²) < 4.78 is 34.0. The lowest BCUT2D eigenvalue weighted by atomic mass is 9.82. The summed E-state index contributed by atoms with van der Waals surface area (Å²) in [5.74, 6) is -0.949. The molecule has 9 heteroatoms. The third-order valence-corrected chi connectivity index (χ3v) is 8.17. The van der Waals surface area contributed by atoms with Crippen molar-refractivity contribution < 1.29 is 22.6 Å². The molecule has 2 aliphatic rings. The molecule has 37 heavy (non-hydrogen) atoms. The number of carbonyl (C=O) groups excluding carboxylic acids is 2. The molecule has 0 spiro atoms. The lowest BCUT2D eigenvalue weighted by molar-refractivity contribution is 0.0980. The number of anilines is 2. The van der Waals surface area contributed by atoms with Crippen molar-refractivity contribution in [3.8, 4) is 0 Å². The topological polar surface area (TPSA) is 139 Å². The molecule has 1 fully saturated rings. The van der Waals surface area contributed by atoms with Crippen molar-refractivity contribution in [3.05, 3.63) is 88.0 Å². The molecule has 2 aliphatic carbocycles. The van der Waals surface area contributed by atoms with Gasteiger partial charge in [-0.3, -0.25) is 14.1 Å². The third kappa shape index (κ3) is 4.90. The highest BCUT2D eigenvalue weighted by atomic mass is 32.2. The largest absolute Gasteiger partial charge is 0.397 e. The highest BCUT2D eigenvalue weighted by Crippen LogP contribution is 2.40. The highest BCUT2D eigenvalue weighted by molar-refractivity contribution is 7.86. The number of benzene rings is 3. The van der Waals surface area contributed by atoms with Crippen LogP contribution >= 0.6 is 0 Å².